The Kier molecular flexibility index (Phi) is 6.16. The molecule has 0 spiro atoms. The standard InChI is InChI=1S/C15H26N2O/c1-11-10-14(6-7-17-9-8-16-4)12(2)13(3)15(11)18-5/h10,16-17H,6-9H2,1-5H3. The van der Waals surface area contributed by atoms with Crippen molar-refractivity contribution in [2.24, 2.45) is 0 Å². The molecule has 2 N–H and O–H groups in total. The van der Waals surface area contributed by atoms with E-state index in [0.717, 1.165) is 31.8 Å². The van der Waals surface area contributed by atoms with Crippen molar-refractivity contribution in [2.75, 3.05) is 33.8 Å². The number of aryl methyl sites for hydroxylation is 1. The molecule has 3 heteroatoms. The second-order valence-corrected chi connectivity index (χ2v) is 4.74. The predicted molar refractivity (Wildman–Crippen MR) is 77.7 cm³/mol. The molecular weight excluding hydrogens is 224 g/mol. The number of rotatable bonds is 7. The highest BCUT2D eigenvalue weighted by Gasteiger charge is 2.09. The smallest absolute Gasteiger partial charge is 0.124 e. The van der Waals surface area contributed by atoms with Gasteiger partial charge in [0.1, 0.15) is 5.75 Å². The number of hydrogen-bond acceptors (Lipinski definition) is 3. The third kappa shape index (κ3) is 3.72. The third-order valence-electron chi connectivity index (χ3n) is 3.46. The summed E-state index contributed by atoms with van der Waals surface area (Å²) in [5, 5.41) is 6.57. The summed E-state index contributed by atoms with van der Waals surface area (Å²) in [6.45, 7) is 9.49. The van der Waals surface area contributed by atoms with Crippen LogP contribution in [-0.4, -0.2) is 33.8 Å². The highest BCUT2D eigenvalue weighted by Crippen LogP contribution is 2.28. The molecular formula is C15H26N2O. The van der Waals surface area contributed by atoms with Crippen molar-refractivity contribution in [3.05, 3.63) is 28.3 Å². The van der Waals surface area contributed by atoms with Crippen molar-refractivity contribution < 1.29 is 4.74 Å². The molecule has 0 aliphatic carbocycles. The van der Waals surface area contributed by atoms with Gasteiger partial charge in [-0.3, -0.25) is 0 Å². The number of hydrogen-bond donors (Lipinski definition) is 2. The van der Waals surface area contributed by atoms with E-state index in [1.807, 2.05) is 7.05 Å². The number of methoxy groups -OCH3 is 1. The van der Waals surface area contributed by atoms with Gasteiger partial charge in [-0.15, -0.1) is 0 Å². The summed E-state index contributed by atoms with van der Waals surface area (Å²) in [5.74, 6) is 1.03. The normalized spacial score (nSPS) is 10.7. The van der Waals surface area contributed by atoms with Crippen LogP contribution in [0.4, 0.5) is 0 Å². The molecule has 0 aliphatic rings. The lowest BCUT2D eigenvalue weighted by Crippen LogP contribution is -2.26. The Labute approximate surface area is 111 Å². The summed E-state index contributed by atoms with van der Waals surface area (Å²) in [5.41, 5.74) is 5.27. The Hall–Kier alpha value is -1.06. The van der Waals surface area contributed by atoms with Gasteiger partial charge < -0.3 is 15.4 Å². The van der Waals surface area contributed by atoms with Crippen LogP contribution in [0.15, 0.2) is 6.07 Å². The number of nitrogens with one attached hydrogen (secondary N) is 2. The first kappa shape index (κ1) is 15.0. The lowest BCUT2D eigenvalue weighted by Gasteiger charge is -2.16. The molecule has 18 heavy (non-hydrogen) atoms. The summed E-state index contributed by atoms with van der Waals surface area (Å²) in [7, 11) is 3.72. The minimum Gasteiger partial charge on any atom is -0.496 e. The van der Waals surface area contributed by atoms with Crippen molar-refractivity contribution >= 4 is 0 Å². The van der Waals surface area contributed by atoms with Gasteiger partial charge in [-0.25, -0.2) is 0 Å². The summed E-state index contributed by atoms with van der Waals surface area (Å²) < 4.78 is 5.45. The highest BCUT2D eigenvalue weighted by molar-refractivity contribution is 5.49. The third-order valence-corrected chi connectivity index (χ3v) is 3.46. The van der Waals surface area contributed by atoms with Gasteiger partial charge in [0.25, 0.3) is 0 Å². The summed E-state index contributed by atoms with van der Waals surface area (Å²) in [4.78, 5) is 0. The zero-order valence-corrected chi connectivity index (χ0v) is 12.3. The zero-order chi connectivity index (χ0) is 13.5. The molecule has 0 atom stereocenters. The maximum Gasteiger partial charge on any atom is 0.124 e. The van der Waals surface area contributed by atoms with Gasteiger partial charge in [0.15, 0.2) is 0 Å². The monoisotopic (exact) mass is 250 g/mol. The molecule has 1 rings (SSSR count). The molecule has 0 aromatic heterocycles. The van der Waals surface area contributed by atoms with Crippen LogP contribution in [0.2, 0.25) is 0 Å². The Morgan fingerprint density at radius 3 is 2.39 bits per heavy atom. The van der Waals surface area contributed by atoms with Crippen LogP contribution in [0.1, 0.15) is 22.3 Å². The fourth-order valence-electron chi connectivity index (χ4n) is 2.28. The lowest BCUT2D eigenvalue weighted by atomic mass is 9.96. The van der Waals surface area contributed by atoms with Gasteiger partial charge in [0.2, 0.25) is 0 Å². The molecule has 102 valence electrons. The molecule has 0 radical (unpaired) electrons. The first-order chi connectivity index (χ1) is 8.61. The summed E-state index contributed by atoms with van der Waals surface area (Å²) in [6, 6.07) is 2.25. The van der Waals surface area contributed by atoms with E-state index in [1.165, 1.54) is 22.3 Å². The molecule has 0 heterocycles. The van der Waals surface area contributed by atoms with Gasteiger partial charge >= 0.3 is 0 Å². The van der Waals surface area contributed by atoms with Crippen LogP contribution in [0.3, 0.4) is 0 Å². The SMILES string of the molecule is CNCCNCCc1cc(C)c(OC)c(C)c1C. The van der Waals surface area contributed by atoms with Crippen LogP contribution in [-0.2, 0) is 6.42 Å². The average molecular weight is 250 g/mol. The molecule has 0 bridgehead atoms. The van der Waals surface area contributed by atoms with E-state index in [2.05, 4.69) is 37.5 Å². The average Bonchev–Trinajstić information content (AvgIpc) is 2.35. The van der Waals surface area contributed by atoms with Crippen LogP contribution >= 0.6 is 0 Å². The number of likely N-dealkylation sites (N-methyl/N-ethyl adjacent to an activating group) is 1. The second kappa shape index (κ2) is 7.39. The van der Waals surface area contributed by atoms with Crippen molar-refractivity contribution in [3.63, 3.8) is 0 Å². The predicted octanol–water partition coefficient (Wildman–Crippen LogP) is 1.97. The molecule has 0 aliphatic heterocycles. The number of ether oxygens (including phenoxy) is 1. The highest BCUT2D eigenvalue weighted by atomic mass is 16.5. The molecule has 0 saturated carbocycles. The fraction of sp³-hybridized carbons (Fsp3) is 0.600. The van der Waals surface area contributed by atoms with Crippen LogP contribution in [0, 0.1) is 20.8 Å². The zero-order valence-electron chi connectivity index (χ0n) is 12.3. The first-order valence-electron chi connectivity index (χ1n) is 6.60. The molecule has 3 nitrogen and oxygen atoms in total. The van der Waals surface area contributed by atoms with Gasteiger partial charge in [-0.1, -0.05) is 6.07 Å². The molecule has 1 aromatic carbocycles. The quantitative estimate of drug-likeness (QED) is 0.726. The molecule has 0 fully saturated rings. The largest absolute Gasteiger partial charge is 0.496 e. The minimum atomic E-state index is 1.01. The molecule has 0 saturated heterocycles. The summed E-state index contributed by atoms with van der Waals surface area (Å²) in [6.07, 6.45) is 1.07. The van der Waals surface area contributed by atoms with Gasteiger partial charge in [-0.2, -0.15) is 0 Å². The van der Waals surface area contributed by atoms with E-state index in [1.54, 1.807) is 7.11 Å². The fourth-order valence-corrected chi connectivity index (χ4v) is 2.28. The van der Waals surface area contributed by atoms with Gasteiger partial charge in [-0.05, 0) is 63.0 Å². The first-order valence-corrected chi connectivity index (χ1v) is 6.60. The van der Waals surface area contributed by atoms with Crippen molar-refractivity contribution in [1.29, 1.82) is 0 Å². The van der Waals surface area contributed by atoms with E-state index in [0.29, 0.717) is 0 Å². The Balaban J connectivity index is 2.66. The van der Waals surface area contributed by atoms with Crippen LogP contribution in [0.25, 0.3) is 0 Å². The second-order valence-electron chi connectivity index (χ2n) is 4.74. The van der Waals surface area contributed by atoms with E-state index in [9.17, 15) is 0 Å². The minimum absolute atomic E-state index is 1.01. The van der Waals surface area contributed by atoms with E-state index >= 15 is 0 Å². The molecule has 1 aromatic rings. The maximum atomic E-state index is 5.45. The van der Waals surface area contributed by atoms with Crippen molar-refractivity contribution in [3.8, 4) is 5.75 Å². The van der Waals surface area contributed by atoms with Crippen molar-refractivity contribution in [1.82, 2.24) is 10.6 Å². The Bertz CT molecular complexity index is 389. The lowest BCUT2D eigenvalue weighted by molar-refractivity contribution is 0.408. The Morgan fingerprint density at radius 2 is 1.78 bits per heavy atom. The van der Waals surface area contributed by atoms with Gasteiger partial charge in [0.05, 0.1) is 7.11 Å². The molecule has 0 amide bonds. The van der Waals surface area contributed by atoms with E-state index in [-0.39, 0.29) is 0 Å². The van der Waals surface area contributed by atoms with E-state index < -0.39 is 0 Å². The summed E-state index contributed by atoms with van der Waals surface area (Å²) >= 11 is 0. The Morgan fingerprint density at radius 1 is 1.06 bits per heavy atom. The van der Waals surface area contributed by atoms with Crippen LogP contribution in [0.5, 0.6) is 5.75 Å². The topological polar surface area (TPSA) is 33.3 Å². The van der Waals surface area contributed by atoms with Crippen LogP contribution < -0.4 is 15.4 Å². The van der Waals surface area contributed by atoms with Gasteiger partial charge in [0, 0.05) is 13.1 Å². The maximum absolute atomic E-state index is 5.45. The molecule has 0 unspecified atom stereocenters. The van der Waals surface area contributed by atoms with E-state index in [4.69, 9.17) is 4.74 Å². The number of benzene rings is 1. The van der Waals surface area contributed by atoms with Crippen molar-refractivity contribution in [2.45, 2.75) is 27.2 Å².